The van der Waals surface area contributed by atoms with E-state index < -0.39 is 5.72 Å². The number of ketones is 1. The van der Waals surface area contributed by atoms with Gasteiger partial charge in [0.2, 0.25) is 11.5 Å². The number of carbonyl (C=O) groups is 1. The first-order chi connectivity index (χ1) is 8.63. The van der Waals surface area contributed by atoms with E-state index in [1.165, 1.54) is 0 Å². The molecule has 0 saturated heterocycles. The highest BCUT2D eigenvalue weighted by Crippen LogP contribution is 2.39. The number of Topliss-reactive ketones (excluding diaryl/α,β-unsaturated/α-hetero) is 1. The standard InChI is InChI=1S/C14H10BrNO2/c15-11-7-3-2-6-10(11)14(18)13(17)9-5-1-4-8-12(9)16-14/h1-8,16,18H. The number of halogens is 1. The van der Waals surface area contributed by atoms with Crippen molar-refractivity contribution in [1.29, 1.82) is 0 Å². The second-order valence-electron chi connectivity index (χ2n) is 4.19. The molecule has 1 heterocycles. The van der Waals surface area contributed by atoms with Gasteiger partial charge in [0, 0.05) is 21.3 Å². The van der Waals surface area contributed by atoms with E-state index in [0.717, 1.165) is 0 Å². The molecule has 0 radical (unpaired) electrons. The summed E-state index contributed by atoms with van der Waals surface area (Å²) in [6, 6.07) is 14.2. The van der Waals surface area contributed by atoms with Gasteiger partial charge in [0.05, 0.1) is 0 Å². The number of aliphatic hydroxyl groups is 1. The molecule has 0 aromatic heterocycles. The topological polar surface area (TPSA) is 49.3 Å². The van der Waals surface area contributed by atoms with Crippen molar-refractivity contribution in [3.8, 4) is 0 Å². The first-order valence-corrected chi connectivity index (χ1v) is 6.31. The summed E-state index contributed by atoms with van der Waals surface area (Å²) in [6.07, 6.45) is 0. The van der Waals surface area contributed by atoms with Crippen LogP contribution >= 0.6 is 15.9 Å². The van der Waals surface area contributed by atoms with E-state index in [9.17, 15) is 9.90 Å². The Morgan fingerprint density at radius 1 is 1.06 bits per heavy atom. The maximum Gasteiger partial charge on any atom is 0.228 e. The van der Waals surface area contributed by atoms with Gasteiger partial charge in [0.1, 0.15) is 0 Å². The fourth-order valence-electron chi connectivity index (χ4n) is 2.18. The van der Waals surface area contributed by atoms with Gasteiger partial charge < -0.3 is 10.4 Å². The molecule has 0 saturated carbocycles. The molecule has 2 N–H and O–H groups in total. The predicted molar refractivity (Wildman–Crippen MR) is 72.4 cm³/mol. The summed E-state index contributed by atoms with van der Waals surface area (Å²) in [6.45, 7) is 0. The molecule has 3 nitrogen and oxygen atoms in total. The zero-order chi connectivity index (χ0) is 12.8. The van der Waals surface area contributed by atoms with E-state index in [1.54, 1.807) is 36.4 Å². The number of para-hydroxylation sites is 1. The maximum atomic E-state index is 12.3. The molecule has 0 spiro atoms. The molecule has 0 fully saturated rings. The number of carbonyl (C=O) groups excluding carboxylic acids is 1. The van der Waals surface area contributed by atoms with Crippen LogP contribution in [0.25, 0.3) is 0 Å². The number of hydrogen-bond donors (Lipinski definition) is 2. The van der Waals surface area contributed by atoms with Crippen LogP contribution in [0.15, 0.2) is 53.0 Å². The second kappa shape index (κ2) is 3.93. The monoisotopic (exact) mass is 303 g/mol. The van der Waals surface area contributed by atoms with Gasteiger partial charge >= 0.3 is 0 Å². The lowest BCUT2D eigenvalue weighted by molar-refractivity contribution is 0.0469. The summed E-state index contributed by atoms with van der Waals surface area (Å²) >= 11 is 3.36. The smallest absolute Gasteiger partial charge is 0.228 e. The number of benzene rings is 2. The fourth-order valence-corrected chi connectivity index (χ4v) is 2.75. The van der Waals surface area contributed by atoms with Gasteiger partial charge in [0.15, 0.2) is 0 Å². The Hall–Kier alpha value is -1.65. The van der Waals surface area contributed by atoms with Crippen molar-refractivity contribution in [2.75, 3.05) is 5.32 Å². The van der Waals surface area contributed by atoms with Crippen molar-refractivity contribution in [2.24, 2.45) is 0 Å². The highest BCUT2D eigenvalue weighted by molar-refractivity contribution is 9.10. The van der Waals surface area contributed by atoms with Crippen molar-refractivity contribution < 1.29 is 9.90 Å². The van der Waals surface area contributed by atoms with Gasteiger partial charge in [-0.25, -0.2) is 0 Å². The normalized spacial score (nSPS) is 21.6. The average Bonchev–Trinajstić information content (AvgIpc) is 2.64. The Bertz CT molecular complexity index is 641. The molecule has 1 aliphatic rings. The van der Waals surface area contributed by atoms with Gasteiger partial charge in [-0.1, -0.05) is 46.3 Å². The molecule has 0 amide bonds. The average molecular weight is 304 g/mol. The van der Waals surface area contributed by atoms with Crippen LogP contribution in [0.3, 0.4) is 0 Å². The molecule has 2 aromatic carbocycles. The molecule has 0 aliphatic carbocycles. The third kappa shape index (κ3) is 1.50. The summed E-state index contributed by atoms with van der Waals surface area (Å²) in [5, 5.41) is 13.5. The maximum absolute atomic E-state index is 12.3. The minimum absolute atomic E-state index is 0.329. The van der Waals surface area contributed by atoms with Crippen LogP contribution in [0.1, 0.15) is 15.9 Å². The minimum atomic E-state index is -1.69. The first kappa shape index (κ1) is 11.4. The lowest BCUT2D eigenvalue weighted by Gasteiger charge is -2.23. The number of rotatable bonds is 1. The Labute approximate surface area is 113 Å². The molecular weight excluding hydrogens is 294 g/mol. The van der Waals surface area contributed by atoms with Gasteiger partial charge in [-0.3, -0.25) is 4.79 Å². The Morgan fingerprint density at radius 3 is 2.44 bits per heavy atom. The van der Waals surface area contributed by atoms with Crippen molar-refractivity contribution in [2.45, 2.75) is 5.72 Å². The van der Waals surface area contributed by atoms with Crippen LogP contribution in [0.4, 0.5) is 5.69 Å². The quantitative estimate of drug-likeness (QED) is 0.851. The van der Waals surface area contributed by atoms with Crippen molar-refractivity contribution in [3.63, 3.8) is 0 Å². The van der Waals surface area contributed by atoms with E-state index in [-0.39, 0.29) is 5.78 Å². The van der Waals surface area contributed by atoms with Crippen LogP contribution in [0, 0.1) is 0 Å². The molecule has 18 heavy (non-hydrogen) atoms. The number of anilines is 1. The van der Waals surface area contributed by atoms with Gasteiger partial charge in [0.25, 0.3) is 0 Å². The van der Waals surface area contributed by atoms with Crippen LogP contribution in [0.2, 0.25) is 0 Å². The number of nitrogens with one attached hydrogen (secondary N) is 1. The van der Waals surface area contributed by atoms with Crippen molar-refractivity contribution in [3.05, 3.63) is 64.1 Å². The van der Waals surface area contributed by atoms with E-state index >= 15 is 0 Å². The van der Waals surface area contributed by atoms with Crippen molar-refractivity contribution >= 4 is 27.4 Å². The van der Waals surface area contributed by atoms with Crippen LogP contribution < -0.4 is 5.32 Å². The summed E-state index contributed by atoms with van der Waals surface area (Å²) in [7, 11) is 0. The lowest BCUT2D eigenvalue weighted by atomic mass is 9.97. The Kier molecular flexibility index (Phi) is 2.50. The van der Waals surface area contributed by atoms with Crippen LogP contribution in [-0.4, -0.2) is 10.9 Å². The zero-order valence-corrected chi connectivity index (χ0v) is 10.9. The molecule has 0 bridgehead atoms. The molecule has 4 heteroatoms. The Balaban J connectivity index is 2.15. The van der Waals surface area contributed by atoms with E-state index in [1.807, 2.05) is 12.1 Å². The summed E-state index contributed by atoms with van der Waals surface area (Å²) in [4.78, 5) is 12.3. The first-order valence-electron chi connectivity index (χ1n) is 5.52. The predicted octanol–water partition coefficient (Wildman–Crippen LogP) is 2.90. The van der Waals surface area contributed by atoms with Gasteiger partial charge in [-0.05, 0) is 18.2 Å². The summed E-state index contributed by atoms with van der Waals surface area (Å²) in [5.41, 5.74) is -0.00763. The molecular formula is C14H10BrNO2. The molecule has 90 valence electrons. The van der Waals surface area contributed by atoms with E-state index in [0.29, 0.717) is 21.3 Å². The lowest BCUT2D eigenvalue weighted by Crippen LogP contribution is -2.38. The third-order valence-electron chi connectivity index (χ3n) is 3.08. The molecule has 1 atom stereocenters. The highest BCUT2D eigenvalue weighted by Gasteiger charge is 2.46. The molecule has 1 unspecified atom stereocenters. The largest absolute Gasteiger partial charge is 0.361 e. The molecule has 3 rings (SSSR count). The highest BCUT2D eigenvalue weighted by atomic mass is 79.9. The van der Waals surface area contributed by atoms with Crippen molar-refractivity contribution in [1.82, 2.24) is 0 Å². The van der Waals surface area contributed by atoms with Crippen LogP contribution in [-0.2, 0) is 5.72 Å². The zero-order valence-electron chi connectivity index (χ0n) is 9.35. The van der Waals surface area contributed by atoms with Gasteiger partial charge in [-0.15, -0.1) is 0 Å². The van der Waals surface area contributed by atoms with E-state index in [4.69, 9.17) is 0 Å². The SMILES string of the molecule is O=C1c2ccccc2NC1(O)c1ccccc1Br. The Morgan fingerprint density at radius 2 is 1.72 bits per heavy atom. The molecule has 1 aliphatic heterocycles. The molecule has 2 aromatic rings. The fraction of sp³-hybridized carbons (Fsp3) is 0.0714. The number of fused-ring (bicyclic) bond motifs is 1. The minimum Gasteiger partial charge on any atom is -0.361 e. The second-order valence-corrected chi connectivity index (χ2v) is 5.04. The van der Waals surface area contributed by atoms with Crippen LogP contribution in [0.5, 0.6) is 0 Å². The number of hydrogen-bond acceptors (Lipinski definition) is 3. The van der Waals surface area contributed by atoms with Gasteiger partial charge in [-0.2, -0.15) is 0 Å². The summed E-state index contributed by atoms with van der Waals surface area (Å²) < 4.78 is 0.696. The summed E-state index contributed by atoms with van der Waals surface area (Å²) in [5.74, 6) is -0.329. The third-order valence-corrected chi connectivity index (χ3v) is 3.77. The van der Waals surface area contributed by atoms with E-state index in [2.05, 4.69) is 21.2 Å².